The largest absolute Gasteiger partial charge is 0.459 e. The highest BCUT2D eigenvalue weighted by molar-refractivity contribution is 6.33. The first-order chi connectivity index (χ1) is 8.93. The summed E-state index contributed by atoms with van der Waals surface area (Å²) >= 11 is 5.90. The zero-order valence-corrected chi connectivity index (χ0v) is 11.3. The maximum Gasteiger partial charge on any atom is 0.338 e. The summed E-state index contributed by atoms with van der Waals surface area (Å²) < 4.78 is 5.04. The van der Waals surface area contributed by atoms with Crippen molar-refractivity contribution in [1.82, 2.24) is 0 Å². The molecule has 0 saturated carbocycles. The van der Waals surface area contributed by atoms with Crippen LogP contribution in [0, 0.1) is 11.3 Å². The molecular formula is C13H13ClN2O3. The number of amides is 1. The van der Waals surface area contributed by atoms with Gasteiger partial charge in [-0.25, -0.2) is 4.79 Å². The van der Waals surface area contributed by atoms with Crippen molar-refractivity contribution in [2.24, 2.45) is 0 Å². The number of nitrogens with one attached hydrogen (secondary N) is 1. The van der Waals surface area contributed by atoms with Crippen LogP contribution in [0.1, 0.15) is 30.6 Å². The summed E-state index contributed by atoms with van der Waals surface area (Å²) in [6.07, 6.45) is -0.517. The number of carbonyl (C=O) groups is 2. The van der Waals surface area contributed by atoms with Crippen molar-refractivity contribution in [1.29, 1.82) is 5.26 Å². The third-order valence-corrected chi connectivity index (χ3v) is 2.39. The average molecular weight is 281 g/mol. The second kappa shape index (κ2) is 6.76. The summed E-state index contributed by atoms with van der Waals surface area (Å²) in [6, 6.07) is 6.14. The molecule has 0 spiro atoms. The summed E-state index contributed by atoms with van der Waals surface area (Å²) in [5, 5.41) is 11.2. The topological polar surface area (TPSA) is 79.2 Å². The van der Waals surface area contributed by atoms with E-state index >= 15 is 0 Å². The van der Waals surface area contributed by atoms with Gasteiger partial charge in [-0.3, -0.25) is 4.79 Å². The highest BCUT2D eigenvalue weighted by Gasteiger charge is 2.13. The van der Waals surface area contributed by atoms with Gasteiger partial charge in [0.1, 0.15) is 6.42 Å². The summed E-state index contributed by atoms with van der Waals surface area (Å²) in [7, 11) is 0. The van der Waals surface area contributed by atoms with Crippen molar-refractivity contribution in [3.05, 3.63) is 28.8 Å². The Labute approximate surface area is 116 Å². The zero-order chi connectivity index (χ0) is 14.4. The maximum absolute atomic E-state index is 11.7. The minimum absolute atomic E-state index is 0.236. The lowest BCUT2D eigenvalue weighted by Gasteiger charge is -2.10. The number of hydrogen-bond acceptors (Lipinski definition) is 4. The molecule has 0 atom stereocenters. The Morgan fingerprint density at radius 3 is 2.74 bits per heavy atom. The lowest BCUT2D eigenvalue weighted by Crippen LogP contribution is -2.14. The van der Waals surface area contributed by atoms with Crippen LogP contribution in [0.4, 0.5) is 5.69 Å². The lowest BCUT2D eigenvalue weighted by molar-refractivity contribution is -0.115. The lowest BCUT2D eigenvalue weighted by atomic mass is 10.2. The SMILES string of the molecule is CC(C)OC(=O)c1ccc(Cl)c(NC(=O)CC#N)c1. The van der Waals surface area contributed by atoms with Gasteiger partial charge in [0.15, 0.2) is 0 Å². The molecule has 0 aromatic heterocycles. The molecule has 0 heterocycles. The van der Waals surface area contributed by atoms with Crippen LogP contribution in [-0.4, -0.2) is 18.0 Å². The van der Waals surface area contributed by atoms with E-state index in [1.807, 2.05) is 0 Å². The van der Waals surface area contributed by atoms with Gasteiger partial charge in [-0.05, 0) is 32.0 Å². The number of carbonyl (C=O) groups excluding carboxylic acids is 2. The summed E-state index contributed by atoms with van der Waals surface area (Å²) in [5.41, 5.74) is 0.561. The van der Waals surface area contributed by atoms with Crippen LogP contribution in [0.3, 0.4) is 0 Å². The predicted octanol–water partition coefficient (Wildman–Crippen LogP) is 2.76. The van der Waals surface area contributed by atoms with E-state index in [0.29, 0.717) is 0 Å². The second-order valence-corrected chi connectivity index (χ2v) is 4.44. The molecule has 0 aliphatic rings. The van der Waals surface area contributed by atoms with Gasteiger partial charge >= 0.3 is 5.97 Å². The van der Waals surface area contributed by atoms with Crippen molar-refractivity contribution in [2.75, 3.05) is 5.32 Å². The van der Waals surface area contributed by atoms with Crippen molar-refractivity contribution in [2.45, 2.75) is 26.4 Å². The van der Waals surface area contributed by atoms with Gasteiger partial charge in [-0.15, -0.1) is 0 Å². The fraction of sp³-hybridized carbons (Fsp3) is 0.308. The molecule has 0 radical (unpaired) electrons. The van der Waals surface area contributed by atoms with E-state index in [-0.39, 0.29) is 28.8 Å². The minimum atomic E-state index is -0.498. The Balaban J connectivity index is 2.91. The van der Waals surface area contributed by atoms with Crippen molar-refractivity contribution in [3.63, 3.8) is 0 Å². The Kier molecular flexibility index (Phi) is 5.34. The van der Waals surface area contributed by atoms with Gasteiger partial charge in [0, 0.05) is 0 Å². The van der Waals surface area contributed by atoms with E-state index in [1.54, 1.807) is 19.9 Å². The number of anilines is 1. The number of rotatable bonds is 4. The fourth-order valence-corrected chi connectivity index (χ4v) is 1.46. The number of benzene rings is 1. The number of nitriles is 1. The molecule has 0 aliphatic heterocycles. The summed E-state index contributed by atoms with van der Waals surface area (Å²) in [6.45, 7) is 3.48. The molecule has 100 valence electrons. The number of hydrogen-bond donors (Lipinski definition) is 1. The Morgan fingerprint density at radius 2 is 2.16 bits per heavy atom. The first-order valence-electron chi connectivity index (χ1n) is 5.61. The molecular weight excluding hydrogens is 268 g/mol. The summed E-state index contributed by atoms with van der Waals surface area (Å²) in [5.74, 6) is -0.985. The number of ether oxygens (including phenoxy) is 1. The van der Waals surface area contributed by atoms with E-state index in [9.17, 15) is 9.59 Å². The van der Waals surface area contributed by atoms with E-state index in [4.69, 9.17) is 21.6 Å². The van der Waals surface area contributed by atoms with Gasteiger partial charge in [0.25, 0.3) is 0 Å². The van der Waals surface area contributed by atoms with Crippen LogP contribution in [-0.2, 0) is 9.53 Å². The second-order valence-electron chi connectivity index (χ2n) is 4.03. The molecule has 6 heteroatoms. The third-order valence-electron chi connectivity index (χ3n) is 2.06. The molecule has 0 saturated heterocycles. The quantitative estimate of drug-likeness (QED) is 0.860. The number of esters is 1. The Hall–Kier alpha value is -2.06. The molecule has 0 unspecified atom stereocenters. The summed E-state index contributed by atoms with van der Waals surface area (Å²) in [4.78, 5) is 23.0. The van der Waals surface area contributed by atoms with Gasteiger partial charge in [-0.1, -0.05) is 11.6 Å². The standard InChI is InChI=1S/C13H13ClN2O3/c1-8(2)19-13(18)9-3-4-10(14)11(7-9)16-12(17)5-6-15/h3-4,7-8H,5H2,1-2H3,(H,16,17). The molecule has 1 N–H and O–H groups in total. The number of halogens is 1. The highest BCUT2D eigenvalue weighted by Crippen LogP contribution is 2.23. The fourth-order valence-electron chi connectivity index (χ4n) is 1.30. The van der Waals surface area contributed by atoms with Gasteiger partial charge in [0.05, 0.1) is 28.4 Å². The Morgan fingerprint density at radius 1 is 1.47 bits per heavy atom. The normalized spacial score (nSPS) is 9.84. The molecule has 1 aromatic rings. The molecule has 0 aliphatic carbocycles. The van der Waals surface area contributed by atoms with Crippen molar-refractivity contribution >= 4 is 29.2 Å². The molecule has 0 bridgehead atoms. The van der Waals surface area contributed by atoms with Crippen LogP contribution in [0.25, 0.3) is 0 Å². The van der Waals surface area contributed by atoms with Gasteiger partial charge in [0.2, 0.25) is 5.91 Å². The first-order valence-corrected chi connectivity index (χ1v) is 5.99. The molecule has 1 amide bonds. The zero-order valence-electron chi connectivity index (χ0n) is 10.6. The van der Waals surface area contributed by atoms with E-state index in [2.05, 4.69) is 5.32 Å². The highest BCUT2D eigenvalue weighted by atomic mass is 35.5. The number of nitrogens with zero attached hydrogens (tertiary/aromatic N) is 1. The van der Waals surface area contributed by atoms with Crippen LogP contribution in [0.5, 0.6) is 0 Å². The minimum Gasteiger partial charge on any atom is -0.459 e. The maximum atomic E-state index is 11.7. The smallest absolute Gasteiger partial charge is 0.338 e. The van der Waals surface area contributed by atoms with Crippen LogP contribution in [0.15, 0.2) is 18.2 Å². The molecule has 5 nitrogen and oxygen atoms in total. The molecule has 19 heavy (non-hydrogen) atoms. The van der Waals surface area contributed by atoms with Crippen molar-refractivity contribution in [3.8, 4) is 6.07 Å². The van der Waals surface area contributed by atoms with E-state index in [1.165, 1.54) is 18.2 Å². The van der Waals surface area contributed by atoms with E-state index in [0.717, 1.165) is 0 Å². The average Bonchev–Trinajstić information content (AvgIpc) is 2.31. The van der Waals surface area contributed by atoms with Crippen LogP contribution in [0.2, 0.25) is 5.02 Å². The van der Waals surface area contributed by atoms with Crippen LogP contribution < -0.4 is 5.32 Å². The monoisotopic (exact) mass is 280 g/mol. The third kappa shape index (κ3) is 4.60. The molecule has 0 fully saturated rings. The molecule has 1 rings (SSSR count). The van der Waals surface area contributed by atoms with Crippen molar-refractivity contribution < 1.29 is 14.3 Å². The first kappa shape index (κ1) is 15.0. The Bertz CT molecular complexity index is 535. The van der Waals surface area contributed by atoms with Gasteiger partial charge in [-0.2, -0.15) is 5.26 Å². The predicted molar refractivity (Wildman–Crippen MR) is 70.9 cm³/mol. The van der Waals surface area contributed by atoms with E-state index < -0.39 is 11.9 Å². The van der Waals surface area contributed by atoms with Crippen LogP contribution >= 0.6 is 11.6 Å². The van der Waals surface area contributed by atoms with Gasteiger partial charge < -0.3 is 10.1 Å². The molecule has 1 aromatic carbocycles.